The van der Waals surface area contributed by atoms with Gasteiger partial charge < -0.3 is 4.74 Å². The first kappa shape index (κ1) is 14.8. The molecule has 2 heterocycles. The standard InChI is InChI=1S/C14H12N4O5/c1-23-14(21)10-9-11(18(15-10)16-22)13(20)17(12(9)19)7-8-5-3-2-4-6-8/h2-6,9,11H,7H2,1H3/t9-,11-/m0/s1. The quantitative estimate of drug-likeness (QED) is 0.441. The van der Waals surface area contributed by atoms with Gasteiger partial charge >= 0.3 is 5.97 Å². The van der Waals surface area contributed by atoms with Gasteiger partial charge in [0.05, 0.1) is 18.9 Å². The Labute approximate surface area is 130 Å². The largest absolute Gasteiger partial charge is 0.464 e. The van der Waals surface area contributed by atoms with Crippen molar-refractivity contribution < 1.29 is 19.1 Å². The zero-order valence-electron chi connectivity index (χ0n) is 12.1. The minimum absolute atomic E-state index is 0.0483. The molecular formula is C14H12N4O5. The van der Waals surface area contributed by atoms with Gasteiger partial charge in [0.2, 0.25) is 5.91 Å². The molecule has 1 fully saturated rings. The van der Waals surface area contributed by atoms with Crippen LogP contribution in [0, 0.1) is 10.8 Å². The van der Waals surface area contributed by atoms with Crippen LogP contribution in [0.15, 0.2) is 40.7 Å². The maximum atomic E-state index is 12.5. The van der Waals surface area contributed by atoms with Gasteiger partial charge in [-0.15, -0.1) is 15.1 Å². The molecule has 0 aliphatic carbocycles. The predicted octanol–water partition coefficient (Wildman–Crippen LogP) is 0.0662. The molecule has 0 saturated carbocycles. The van der Waals surface area contributed by atoms with E-state index in [4.69, 9.17) is 0 Å². The molecule has 23 heavy (non-hydrogen) atoms. The zero-order chi connectivity index (χ0) is 16.6. The maximum absolute atomic E-state index is 12.5. The molecule has 3 rings (SSSR count). The number of ether oxygens (including phenoxy) is 1. The number of nitrogens with zero attached hydrogens (tertiary/aromatic N) is 4. The van der Waals surface area contributed by atoms with Crippen LogP contribution in [0.3, 0.4) is 0 Å². The minimum atomic E-state index is -1.22. The maximum Gasteiger partial charge on any atom is 0.355 e. The number of hydrazone groups is 1. The van der Waals surface area contributed by atoms with Crippen molar-refractivity contribution in [3.05, 3.63) is 40.8 Å². The molecule has 2 amide bonds. The number of nitroso groups, excluding NO2 is 1. The lowest BCUT2D eigenvalue weighted by Gasteiger charge is -2.16. The summed E-state index contributed by atoms with van der Waals surface area (Å²) in [6.07, 6.45) is 0. The number of imide groups is 1. The summed E-state index contributed by atoms with van der Waals surface area (Å²) in [5.41, 5.74) is 0.461. The van der Waals surface area contributed by atoms with Crippen molar-refractivity contribution in [3.8, 4) is 0 Å². The number of methoxy groups -OCH3 is 1. The number of esters is 1. The predicted molar refractivity (Wildman–Crippen MR) is 76.4 cm³/mol. The molecule has 2 atom stereocenters. The van der Waals surface area contributed by atoms with E-state index in [-0.39, 0.29) is 12.3 Å². The highest BCUT2D eigenvalue weighted by Crippen LogP contribution is 2.33. The van der Waals surface area contributed by atoms with Crippen molar-refractivity contribution >= 4 is 23.5 Å². The highest BCUT2D eigenvalue weighted by Gasteiger charge is 2.59. The molecule has 9 heteroatoms. The van der Waals surface area contributed by atoms with Crippen LogP contribution in [-0.2, 0) is 25.7 Å². The second kappa shape index (κ2) is 5.59. The molecule has 2 aliphatic rings. The third-order valence-electron chi connectivity index (χ3n) is 3.78. The molecule has 118 valence electrons. The first-order valence-electron chi connectivity index (χ1n) is 6.77. The fraction of sp³-hybridized carbons (Fsp3) is 0.286. The SMILES string of the molecule is COC(=O)C1=NN(N=O)[C@@H]2C(=O)N(Cc3ccccc3)C(=O)[C@@H]12. The Bertz CT molecular complexity index is 717. The Hall–Kier alpha value is -3.10. The van der Waals surface area contributed by atoms with Gasteiger partial charge in [-0.05, 0) is 5.56 Å². The molecule has 2 aliphatic heterocycles. The average molecular weight is 316 g/mol. The third kappa shape index (κ3) is 2.26. The molecule has 0 unspecified atom stereocenters. The Morgan fingerprint density at radius 1 is 1.26 bits per heavy atom. The van der Waals surface area contributed by atoms with Crippen molar-refractivity contribution in [2.45, 2.75) is 12.6 Å². The van der Waals surface area contributed by atoms with Crippen LogP contribution < -0.4 is 0 Å². The molecule has 0 spiro atoms. The van der Waals surface area contributed by atoms with Crippen molar-refractivity contribution in [1.29, 1.82) is 0 Å². The van der Waals surface area contributed by atoms with Crippen LogP contribution in [0.2, 0.25) is 0 Å². The first-order chi connectivity index (χ1) is 11.1. The molecule has 0 N–H and O–H groups in total. The van der Waals surface area contributed by atoms with E-state index < -0.39 is 29.7 Å². The number of carbonyl (C=O) groups is 3. The zero-order valence-corrected chi connectivity index (χ0v) is 12.1. The van der Waals surface area contributed by atoms with Crippen LogP contribution in [0.25, 0.3) is 0 Å². The summed E-state index contributed by atoms with van der Waals surface area (Å²) >= 11 is 0. The van der Waals surface area contributed by atoms with Crippen LogP contribution in [0.4, 0.5) is 0 Å². The van der Waals surface area contributed by atoms with Crippen LogP contribution in [0.5, 0.6) is 0 Å². The van der Waals surface area contributed by atoms with E-state index in [2.05, 4.69) is 15.1 Å². The Balaban J connectivity index is 1.92. The lowest BCUT2D eigenvalue weighted by molar-refractivity contribution is -0.141. The van der Waals surface area contributed by atoms with E-state index in [0.29, 0.717) is 5.12 Å². The topological polar surface area (TPSA) is 109 Å². The molecule has 0 bridgehead atoms. The van der Waals surface area contributed by atoms with Gasteiger partial charge in [0.1, 0.15) is 5.92 Å². The van der Waals surface area contributed by atoms with Gasteiger partial charge in [0, 0.05) is 0 Å². The van der Waals surface area contributed by atoms with Crippen molar-refractivity contribution in [1.82, 2.24) is 10.0 Å². The normalized spacial score (nSPS) is 22.9. The summed E-state index contributed by atoms with van der Waals surface area (Å²) in [5, 5.41) is 6.80. The van der Waals surface area contributed by atoms with Crippen molar-refractivity contribution in [3.63, 3.8) is 0 Å². The number of carbonyl (C=O) groups excluding carboxylic acids is 3. The fourth-order valence-electron chi connectivity index (χ4n) is 2.71. The lowest BCUT2D eigenvalue weighted by atomic mass is 9.98. The summed E-state index contributed by atoms with van der Waals surface area (Å²) in [5.74, 6) is -3.25. The van der Waals surface area contributed by atoms with E-state index >= 15 is 0 Å². The second-order valence-electron chi connectivity index (χ2n) is 5.05. The number of rotatable bonds is 4. The number of hydrogen-bond acceptors (Lipinski definition) is 7. The van der Waals surface area contributed by atoms with Gasteiger partial charge in [0.15, 0.2) is 11.8 Å². The van der Waals surface area contributed by atoms with E-state index in [1.807, 2.05) is 6.07 Å². The molecule has 1 aromatic carbocycles. The highest BCUT2D eigenvalue weighted by molar-refractivity contribution is 6.43. The second-order valence-corrected chi connectivity index (χ2v) is 5.05. The highest BCUT2D eigenvalue weighted by atomic mass is 16.5. The van der Waals surface area contributed by atoms with Crippen LogP contribution >= 0.6 is 0 Å². The van der Waals surface area contributed by atoms with Gasteiger partial charge in [-0.1, -0.05) is 30.3 Å². The number of hydrogen-bond donors (Lipinski definition) is 0. The third-order valence-corrected chi connectivity index (χ3v) is 3.78. The van der Waals surface area contributed by atoms with E-state index in [9.17, 15) is 19.3 Å². The Morgan fingerprint density at radius 3 is 2.57 bits per heavy atom. The molecule has 1 saturated heterocycles. The number of fused-ring (bicyclic) bond motifs is 1. The molecule has 1 aromatic rings. The Kier molecular flexibility index (Phi) is 3.61. The Morgan fingerprint density at radius 2 is 1.96 bits per heavy atom. The fourth-order valence-corrected chi connectivity index (χ4v) is 2.71. The number of amides is 2. The minimum Gasteiger partial charge on any atom is -0.464 e. The smallest absolute Gasteiger partial charge is 0.355 e. The van der Waals surface area contributed by atoms with Gasteiger partial charge in [-0.3, -0.25) is 14.5 Å². The molecule has 9 nitrogen and oxygen atoms in total. The summed E-state index contributed by atoms with van der Waals surface area (Å²) < 4.78 is 4.55. The molecule has 0 aromatic heterocycles. The summed E-state index contributed by atoms with van der Waals surface area (Å²) in [6.45, 7) is 0.0483. The van der Waals surface area contributed by atoms with E-state index in [1.54, 1.807) is 24.3 Å². The molecular weight excluding hydrogens is 304 g/mol. The van der Waals surface area contributed by atoms with Gasteiger partial charge in [0.25, 0.3) is 5.91 Å². The monoisotopic (exact) mass is 316 g/mol. The van der Waals surface area contributed by atoms with Gasteiger partial charge in [-0.25, -0.2) is 4.79 Å². The summed E-state index contributed by atoms with van der Waals surface area (Å²) in [6, 6.07) is 7.67. The lowest BCUT2D eigenvalue weighted by Crippen LogP contribution is -2.36. The number of benzene rings is 1. The first-order valence-corrected chi connectivity index (χ1v) is 6.77. The van der Waals surface area contributed by atoms with E-state index in [0.717, 1.165) is 17.6 Å². The summed E-state index contributed by atoms with van der Waals surface area (Å²) in [7, 11) is 1.12. The summed E-state index contributed by atoms with van der Waals surface area (Å²) in [4.78, 5) is 48.6. The van der Waals surface area contributed by atoms with Crippen molar-refractivity contribution in [2.24, 2.45) is 16.3 Å². The van der Waals surface area contributed by atoms with Crippen LogP contribution in [0.1, 0.15) is 5.56 Å². The average Bonchev–Trinajstić information content (AvgIpc) is 3.07. The number of likely N-dealkylation sites (tertiary alicyclic amines) is 1. The van der Waals surface area contributed by atoms with Crippen molar-refractivity contribution in [2.75, 3.05) is 7.11 Å². The molecule has 0 radical (unpaired) electrons. The van der Waals surface area contributed by atoms with Crippen LogP contribution in [-0.4, -0.2) is 46.7 Å². The van der Waals surface area contributed by atoms with Gasteiger partial charge in [-0.2, -0.15) is 0 Å². The van der Waals surface area contributed by atoms with E-state index in [1.165, 1.54) is 0 Å².